The molecule has 2 heterocycles. The molecule has 0 bridgehead atoms. The van der Waals surface area contributed by atoms with Crippen LogP contribution < -0.4 is 5.32 Å². The van der Waals surface area contributed by atoms with Gasteiger partial charge in [0, 0.05) is 39.4 Å². The van der Waals surface area contributed by atoms with Crippen molar-refractivity contribution in [1.82, 2.24) is 20.3 Å². The van der Waals surface area contributed by atoms with Gasteiger partial charge in [-0.15, -0.1) is 5.10 Å². The van der Waals surface area contributed by atoms with Crippen LogP contribution in [0, 0.1) is 0 Å². The summed E-state index contributed by atoms with van der Waals surface area (Å²) in [4.78, 5) is 46.9. The molecule has 212 valence electrons. The second-order valence-corrected chi connectivity index (χ2v) is 9.02. The predicted molar refractivity (Wildman–Crippen MR) is 132 cm³/mol. The first-order valence-corrected chi connectivity index (χ1v) is 12.3. The molecule has 0 aliphatic carbocycles. The summed E-state index contributed by atoms with van der Waals surface area (Å²) in [7, 11) is 0. The monoisotopic (exact) mass is 548 g/mol. The van der Waals surface area contributed by atoms with Crippen LogP contribution in [0.1, 0.15) is 40.0 Å². The largest absolute Gasteiger partial charge is 0.508 e. The molecule has 1 aliphatic rings. The highest BCUT2D eigenvalue weighted by Gasteiger charge is 2.51. The van der Waals surface area contributed by atoms with E-state index in [1.807, 2.05) is 0 Å². The number of nitrogens with one attached hydrogen (secondary N) is 1. The number of hydrogen-bond donors (Lipinski definition) is 3. The van der Waals surface area contributed by atoms with E-state index in [9.17, 15) is 24.3 Å². The number of carboxylic acids is 1. The van der Waals surface area contributed by atoms with Crippen LogP contribution in [-0.2, 0) is 44.7 Å². The first-order chi connectivity index (χ1) is 18.5. The molecular weight excluding hydrogens is 516 g/mol. The Hall–Kier alpha value is -4.04. The van der Waals surface area contributed by atoms with Crippen LogP contribution in [-0.4, -0.2) is 86.3 Å². The number of carboxylic acid groups (broad SMARTS) is 1. The Bertz CT molecular complexity index is 1170. The fourth-order valence-electron chi connectivity index (χ4n) is 4.19. The van der Waals surface area contributed by atoms with E-state index >= 15 is 0 Å². The highest BCUT2D eigenvalue weighted by molar-refractivity contribution is 5.73. The molecule has 1 aliphatic heterocycles. The molecule has 5 atom stereocenters. The SMILES string of the molecule is CC(=O)N[C@H]1C(OC(C)=O)[C@@H](OC(C)=O)C(Cn2cc(-c3cccc(O)c3)nn2)O[C@H]1OCCCCC(=O)O. The number of benzene rings is 1. The molecule has 3 rings (SSSR count). The van der Waals surface area contributed by atoms with Crippen LogP contribution in [0.25, 0.3) is 11.3 Å². The molecule has 1 aromatic heterocycles. The Morgan fingerprint density at radius 1 is 1.08 bits per heavy atom. The highest BCUT2D eigenvalue weighted by Crippen LogP contribution is 2.29. The quantitative estimate of drug-likeness (QED) is 0.253. The number of amides is 1. The molecule has 1 fully saturated rings. The highest BCUT2D eigenvalue weighted by atomic mass is 16.7. The molecule has 2 aromatic rings. The minimum atomic E-state index is -1.17. The average molecular weight is 549 g/mol. The zero-order chi connectivity index (χ0) is 28.5. The summed E-state index contributed by atoms with van der Waals surface area (Å²) in [5, 5.41) is 29.5. The number of nitrogens with zero attached hydrogens (tertiary/aromatic N) is 3. The Morgan fingerprint density at radius 3 is 2.44 bits per heavy atom. The Kier molecular flexibility index (Phi) is 10.3. The molecule has 1 amide bonds. The third-order valence-corrected chi connectivity index (χ3v) is 5.74. The van der Waals surface area contributed by atoms with Gasteiger partial charge in [0.15, 0.2) is 18.5 Å². The van der Waals surface area contributed by atoms with E-state index in [4.69, 9.17) is 24.1 Å². The van der Waals surface area contributed by atoms with Crippen molar-refractivity contribution in [2.45, 2.75) is 77.2 Å². The van der Waals surface area contributed by atoms with Crippen molar-refractivity contribution in [3.8, 4) is 17.0 Å². The fraction of sp³-hybridized carbons (Fsp3) is 0.520. The van der Waals surface area contributed by atoms with Gasteiger partial charge in [0.2, 0.25) is 5.91 Å². The number of esters is 2. The van der Waals surface area contributed by atoms with E-state index in [0.717, 1.165) is 0 Å². The molecule has 0 saturated carbocycles. The summed E-state index contributed by atoms with van der Waals surface area (Å²) >= 11 is 0. The van der Waals surface area contributed by atoms with Gasteiger partial charge in [-0.1, -0.05) is 17.3 Å². The number of aromatic nitrogens is 3. The number of phenols is 1. The number of carbonyl (C=O) groups is 4. The Morgan fingerprint density at radius 2 is 1.79 bits per heavy atom. The summed E-state index contributed by atoms with van der Waals surface area (Å²) in [5.41, 5.74) is 1.08. The molecule has 14 nitrogen and oxygen atoms in total. The minimum absolute atomic E-state index is 0.00675. The van der Waals surface area contributed by atoms with Crippen molar-refractivity contribution in [3.63, 3.8) is 0 Å². The van der Waals surface area contributed by atoms with E-state index in [-0.39, 0.29) is 25.3 Å². The number of hydrogen-bond acceptors (Lipinski definition) is 11. The first kappa shape index (κ1) is 29.5. The Labute approximate surface area is 224 Å². The van der Waals surface area contributed by atoms with E-state index in [0.29, 0.717) is 24.1 Å². The summed E-state index contributed by atoms with van der Waals surface area (Å²) in [6.45, 7) is 3.72. The minimum Gasteiger partial charge on any atom is -0.508 e. The van der Waals surface area contributed by atoms with E-state index in [2.05, 4.69) is 15.6 Å². The lowest BCUT2D eigenvalue weighted by molar-refractivity contribution is -0.274. The maximum atomic E-state index is 12.0. The lowest BCUT2D eigenvalue weighted by atomic mass is 9.95. The lowest BCUT2D eigenvalue weighted by Gasteiger charge is -2.45. The molecule has 39 heavy (non-hydrogen) atoms. The van der Waals surface area contributed by atoms with Crippen molar-refractivity contribution in [3.05, 3.63) is 30.5 Å². The van der Waals surface area contributed by atoms with E-state index < -0.39 is 54.5 Å². The zero-order valence-corrected chi connectivity index (χ0v) is 21.8. The van der Waals surface area contributed by atoms with Gasteiger partial charge in [-0.3, -0.25) is 19.2 Å². The normalized spacial score (nSPS) is 22.6. The number of aromatic hydroxyl groups is 1. The van der Waals surface area contributed by atoms with Crippen molar-refractivity contribution < 1.29 is 48.3 Å². The number of unbranched alkanes of at least 4 members (excludes halogenated alkanes) is 1. The second kappa shape index (κ2) is 13.7. The second-order valence-electron chi connectivity index (χ2n) is 9.02. The number of aliphatic carboxylic acids is 1. The maximum absolute atomic E-state index is 12.0. The van der Waals surface area contributed by atoms with Gasteiger partial charge in [0.25, 0.3) is 0 Å². The van der Waals surface area contributed by atoms with Crippen LogP contribution in [0.15, 0.2) is 30.5 Å². The van der Waals surface area contributed by atoms with Crippen molar-refractivity contribution in [2.24, 2.45) is 0 Å². The summed E-state index contributed by atoms with van der Waals surface area (Å²) in [6.07, 6.45) is -2.09. The molecule has 3 N–H and O–H groups in total. The van der Waals surface area contributed by atoms with Gasteiger partial charge in [0.05, 0.1) is 12.7 Å². The molecule has 1 saturated heterocycles. The zero-order valence-electron chi connectivity index (χ0n) is 21.8. The van der Waals surface area contributed by atoms with Crippen LogP contribution in [0.3, 0.4) is 0 Å². The third-order valence-electron chi connectivity index (χ3n) is 5.74. The maximum Gasteiger partial charge on any atom is 0.303 e. The van der Waals surface area contributed by atoms with Gasteiger partial charge in [-0.2, -0.15) is 0 Å². The van der Waals surface area contributed by atoms with Crippen molar-refractivity contribution in [2.75, 3.05) is 6.61 Å². The smallest absolute Gasteiger partial charge is 0.303 e. The van der Waals surface area contributed by atoms with Crippen LogP contribution in [0.5, 0.6) is 5.75 Å². The predicted octanol–water partition coefficient (Wildman–Crippen LogP) is 1.02. The van der Waals surface area contributed by atoms with Gasteiger partial charge in [0.1, 0.15) is 23.6 Å². The summed E-state index contributed by atoms with van der Waals surface area (Å²) in [5.74, 6) is -2.69. The molecule has 2 unspecified atom stereocenters. The number of rotatable bonds is 12. The van der Waals surface area contributed by atoms with Gasteiger partial charge in [-0.25, -0.2) is 4.68 Å². The Balaban J connectivity index is 1.88. The van der Waals surface area contributed by atoms with Gasteiger partial charge >= 0.3 is 17.9 Å². The molecule has 14 heteroatoms. The molecule has 0 spiro atoms. The number of carbonyl (C=O) groups excluding carboxylic acids is 3. The molecule has 1 aromatic carbocycles. The lowest BCUT2D eigenvalue weighted by Crippen LogP contribution is -2.66. The van der Waals surface area contributed by atoms with Crippen molar-refractivity contribution >= 4 is 23.8 Å². The standard InChI is InChI=1S/C25H32N4O10/c1-14(30)26-22-24(38-16(3)32)23(37-15(2)31)20(39-25(22)36-10-5-4-9-21(34)35)13-29-12-19(27-28-29)17-7-6-8-18(33)11-17/h6-8,11-12,20,22-25,33H,4-5,9-10,13H2,1-3H3,(H,26,30)(H,34,35)/t20?,22-,23-,24?,25+/m0/s1. The van der Waals surface area contributed by atoms with Crippen LogP contribution in [0.4, 0.5) is 0 Å². The summed E-state index contributed by atoms with van der Waals surface area (Å²) < 4.78 is 24.5. The van der Waals surface area contributed by atoms with Crippen molar-refractivity contribution in [1.29, 1.82) is 0 Å². The molecular formula is C25H32N4O10. The third kappa shape index (κ3) is 8.75. The number of ether oxygens (including phenoxy) is 4. The number of phenolic OH excluding ortho intramolecular Hbond substituents is 1. The van der Waals surface area contributed by atoms with Gasteiger partial charge < -0.3 is 34.5 Å². The summed E-state index contributed by atoms with van der Waals surface area (Å²) in [6, 6.07) is 5.42. The van der Waals surface area contributed by atoms with Gasteiger partial charge in [-0.05, 0) is 25.0 Å². The van der Waals surface area contributed by atoms with Crippen LogP contribution in [0.2, 0.25) is 0 Å². The molecule has 0 radical (unpaired) electrons. The van der Waals surface area contributed by atoms with E-state index in [1.54, 1.807) is 18.3 Å². The average Bonchev–Trinajstić information content (AvgIpc) is 3.30. The fourth-order valence-corrected chi connectivity index (χ4v) is 4.19. The topological polar surface area (TPSA) is 188 Å². The van der Waals surface area contributed by atoms with Crippen LogP contribution >= 0.6 is 0 Å². The first-order valence-electron chi connectivity index (χ1n) is 12.3. The van der Waals surface area contributed by atoms with E-state index in [1.165, 1.54) is 37.6 Å².